The Morgan fingerprint density at radius 3 is 2.30 bits per heavy atom. The van der Waals surface area contributed by atoms with E-state index in [-0.39, 0.29) is 0 Å². The number of alkyl halides is 3. The molecule has 0 fully saturated rings. The first kappa shape index (κ1) is 19.1. The number of fused-ring (bicyclic) bond motifs is 1. The predicted octanol–water partition coefficient (Wildman–Crippen LogP) is 5.80. The SMILES string of the molecule is CC(C)(C)OC(=O)N1CCc2c(Oc3ccc(C(F)(F)F)cc3)cccc21. The Hall–Kier alpha value is -2.70. The Kier molecular flexibility index (Phi) is 4.80. The molecule has 2 aromatic carbocycles. The molecule has 0 N–H and O–H groups in total. The Balaban J connectivity index is 1.81. The highest BCUT2D eigenvalue weighted by atomic mass is 19.4. The van der Waals surface area contributed by atoms with Crippen molar-refractivity contribution in [1.82, 2.24) is 0 Å². The summed E-state index contributed by atoms with van der Waals surface area (Å²) in [6, 6.07) is 9.78. The largest absolute Gasteiger partial charge is 0.457 e. The van der Waals surface area contributed by atoms with Gasteiger partial charge in [-0.15, -0.1) is 0 Å². The zero-order valence-corrected chi connectivity index (χ0v) is 15.3. The molecule has 0 bridgehead atoms. The van der Waals surface area contributed by atoms with Crippen molar-refractivity contribution in [3.63, 3.8) is 0 Å². The number of hydrogen-bond donors (Lipinski definition) is 0. The molecule has 1 aliphatic heterocycles. The molecule has 0 aromatic heterocycles. The van der Waals surface area contributed by atoms with Crippen molar-refractivity contribution >= 4 is 11.8 Å². The van der Waals surface area contributed by atoms with Gasteiger partial charge in [0.15, 0.2) is 0 Å². The Labute approximate surface area is 155 Å². The maximum atomic E-state index is 12.7. The van der Waals surface area contributed by atoms with Crippen molar-refractivity contribution < 1.29 is 27.4 Å². The van der Waals surface area contributed by atoms with Crippen molar-refractivity contribution in [2.75, 3.05) is 11.4 Å². The molecule has 0 atom stereocenters. The number of amides is 1. The van der Waals surface area contributed by atoms with E-state index >= 15 is 0 Å². The summed E-state index contributed by atoms with van der Waals surface area (Å²) in [7, 11) is 0. The Bertz CT molecular complexity index is 839. The monoisotopic (exact) mass is 379 g/mol. The van der Waals surface area contributed by atoms with Crippen LogP contribution in [0, 0.1) is 0 Å². The van der Waals surface area contributed by atoms with E-state index in [9.17, 15) is 18.0 Å². The molecule has 1 amide bonds. The molecule has 0 saturated carbocycles. The van der Waals surface area contributed by atoms with E-state index in [1.165, 1.54) is 12.1 Å². The number of carbonyl (C=O) groups excluding carboxylic acids is 1. The first-order chi connectivity index (χ1) is 12.5. The summed E-state index contributed by atoms with van der Waals surface area (Å²) in [6.07, 6.45) is -4.25. The molecule has 3 rings (SSSR count). The van der Waals surface area contributed by atoms with Crippen molar-refractivity contribution in [1.29, 1.82) is 0 Å². The third-order valence-corrected chi connectivity index (χ3v) is 4.01. The standard InChI is InChI=1S/C20H20F3NO3/c1-19(2,3)27-18(25)24-12-11-15-16(24)5-4-6-17(15)26-14-9-7-13(8-10-14)20(21,22)23/h4-10H,11-12H2,1-3H3. The molecule has 7 heteroatoms. The second kappa shape index (κ2) is 6.79. The lowest BCUT2D eigenvalue weighted by atomic mass is 10.1. The molecule has 4 nitrogen and oxygen atoms in total. The summed E-state index contributed by atoms with van der Waals surface area (Å²) in [6.45, 7) is 5.85. The molecule has 0 radical (unpaired) electrons. The molecule has 1 aliphatic rings. The molecule has 0 aliphatic carbocycles. The van der Waals surface area contributed by atoms with Gasteiger partial charge in [0.2, 0.25) is 0 Å². The Morgan fingerprint density at radius 2 is 1.70 bits per heavy atom. The minimum absolute atomic E-state index is 0.298. The first-order valence-electron chi connectivity index (χ1n) is 8.52. The average molecular weight is 379 g/mol. The van der Waals surface area contributed by atoms with Gasteiger partial charge >= 0.3 is 12.3 Å². The zero-order chi connectivity index (χ0) is 19.8. The molecular weight excluding hydrogens is 359 g/mol. The smallest absolute Gasteiger partial charge is 0.416 e. The molecule has 1 heterocycles. The summed E-state index contributed by atoms with van der Waals surface area (Å²) in [5.74, 6) is 0.811. The van der Waals surface area contributed by atoms with Crippen molar-refractivity contribution in [3.05, 3.63) is 53.6 Å². The maximum absolute atomic E-state index is 12.7. The van der Waals surface area contributed by atoms with Crippen LogP contribution in [0.15, 0.2) is 42.5 Å². The number of rotatable bonds is 2. The van der Waals surface area contributed by atoms with Gasteiger partial charge in [0.05, 0.1) is 11.3 Å². The topological polar surface area (TPSA) is 38.8 Å². The van der Waals surface area contributed by atoms with Gasteiger partial charge in [-0.05, 0) is 63.6 Å². The third-order valence-electron chi connectivity index (χ3n) is 4.01. The highest BCUT2D eigenvalue weighted by Gasteiger charge is 2.31. The third kappa shape index (κ3) is 4.35. The molecule has 0 unspecified atom stereocenters. The minimum Gasteiger partial charge on any atom is -0.457 e. The van der Waals surface area contributed by atoms with Gasteiger partial charge in [-0.2, -0.15) is 13.2 Å². The second-order valence-electron chi connectivity index (χ2n) is 7.26. The van der Waals surface area contributed by atoms with Gasteiger partial charge in [-0.25, -0.2) is 4.79 Å². The van der Waals surface area contributed by atoms with Crippen molar-refractivity contribution in [3.8, 4) is 11.5 Å². The van der Waals surface area contributed by atoms with E-state index in [2.05, 4.69) is 0 Å². The molecule has 27 heavy (non-hydrogen) atoms. The van der Waals surface area contributed by atoms with Gasteiger partial charge in [0, 0.05) is 12.1 Å². The van der Waals surface area contributed by atoms with Gasteiger partial charge in [0.25, 0.3) is 0 Å². The van der Waals surface area contributed by atoms with Crippen LogP contribution in [0.3, 0.4) is 0 Å². The normalized spacial score (nSPS) is 14.1. The number of nitrogens with zero attached hydrogens (tertiary/aromatic N) is 1. The van der Waals surface area contributed by atoms with E-state index in [0.717, 1.165) is 17.7 Å². The lowest BCUT2D eigenvalue weighted by Gasteiger charge is -2.24. The fraction of sp³-hybridized carbons (Fsp3) is 0.350. The number of carbonyl (C=O) groups is 1. The number of ether oxygens (including phenoxy) is 2. The maximum Gasteiger partial charge on any atom is 0.416 e. The summed E-state index contributed by atoms with van der Waals surface area (Å²) in [5.41, 5.74) is 0.176. The molecule has 0 saturated heterocycles. The average Bonchev–Trinajstić information content (AvgIpc) is 2.98. The van der Waals surface area contributed by atoms with E-state index < -0.39 is 23.4 Å². The van der Waals surface area contributed by atoms with Crippen LogP contribution in [-0.4, -0.2) is 18.2 Å². The quantitative estimate of drug-likeness (QED) is 0.662. The minimum atomic E-state index is -4.39. The molecular formula is C20H20F3NO3. The number of anilines is 1. The number of benzene rings is 2. The van der Waals surface area contributed by atoms with Crippen LogP contribution in [-0.2, 0) is 17.3 Å². The number of hydrogen-bond acceptors (Lipinski definition) is 3. The van der Waals surface area contributed by atoms with Crippen molar-refractivity contribution in [2.24, 2.45) is 0 Å². The van der Waals surface area contributed by atoms with E-state index in [0.29, 0.717) is 30.2 Å². The second-order valence-corrected chi connectivity index (χ2v) is 7.26. The lowest BCUT2D eigenvalue weighted by molar-refractivity contribution is -0.137. The van der Waals surface area contributed by atoms with Crippen LogP contribution in [0.25, 0.3) is 0 Å². The van der Waals surface area contributed by atoms with Gasteiger partial charge in [-0.1, -0.05) is 6.07 Å². The van der Waals surface area contributed by atoms with E-state index in [1.807, 2.05) is 0 Å². The van der Waals surface area contributed by atoms with Crippen LogP contribution < -0.4 is 9.64 Å². The predicted molar refractivity (Wildman–Crippen MR) is 95.2 cm³/mol. The lowest BCUT2D eigenvalue weighted by Crippen LogP contribution is -2.35. The highest BCUT2D eigenvalue weighted by molar-refractivity contribution is 5.91. The van der Waals surface area contributed by atoms with Crippen LogP contribution in [0.1, 0.15) is 31.9 Å². The summed E-state index contributed by atoms with van der Waals surface area (Å²) in [4.78, 5) is 13.9. The van der Waals surface area contributed by atoms with E-state index in [4.69, 9.17) is 9.47 Å². The van der Waals surface area contributed by atoms with Gasteiger partial charge in [-0.3, -0.25) is 4.90 Å². The summed E-state index contributed by atoms with van der Waals surface area (Å²) < 4.78 is 49.2. The fourth-order valence-electron chi connectivity index (χ4n) is 2.84. The zero-order valence-electron chi connectivity index (χ0n) is 15.3. The Morgan fingerprint density at radius 1 is 1.04 bits per heavy atom. The fourth-order valence-corrected chi connectivity index (χ4v) is 2.84. The number of halogens is 3. The first-order valence-corrected chi connectivity index (χ1v) is 8.52. The van der Waals surface area contributed by atoms with Crippen LogP contribution in [0.2, 0.25) is 0 Å². The van der Waals surface area contributed by atoms with Gasteiger partial charge < -0.3 is 9.47 Å². The van der Waals surface area contributed by atoms with Crippen LogP contribution >= 0.6 is 0 Å². The van der Waals surface area contributed by atoms with Crippen LogP contribution in [0.5, 0.6) is 11.5 Å². The van der Waals surface area contributed by atoms with E-state index in [1.54, 1.807) is 43.9 Å². The molecule has 2 aromatic rings. The summed E-state index contributed by atoms with van der Waals surface area (Å²) in [5, 5.41) is 0. The van der Waals surface area contributed by atoms with Gasteiger partial charge in [0.1, 0.15) is 17.1 Å². The molecule has 0 spiro atoms. The van der Waals surface area contributed by atoms with Crippen LogP contribution in [0.4, 0.5) is 23.7 Å². The van der Waals surface area contributed by atoms with Crippen molar-refractivity contribution in [2.45, 2.75) is 39.0 Å². The highest BCUT2D eigenvalue weighted by Crippen LogP contribution is 2.38. The molecule has 144 valence electrons. The summed E-state index contributed by atoms with van der Waals surface area (Å²) >= 11 is 0.